The second kappa shape index (κ2) is 7.89. The normalized spacial score (nSPS) is 18.5. The molecule has 0 spiro atoms. The molecular weight excluding hydrogens is 304 g/mol. The number of carbonyl (C=O) groups excluding carboxylic acids is 1. The standard InChI is InChI=1S/C14H24N4OS2/c1-3-7-18(2)14-17-12(15)11(21-14)13(19)16-9-10-6-4-5-8-20-10/h10H,3-9,15H2,1-2H3,(H,16,19). The van der Waals surface area contributed by atoms with Gasteiger partial charge in [0.15, 0.2) is 5.13 Å². The highest BCUT2D eigenvalue weighted by Crippen LogP contribution is 2.28. The number of thioether (sulfide) groups is 1. The summed E-state index contributed by atoms with van der Waals surface area (Å²) in [5, 5.41) is 4.36. The van der Waals surface area contributed by atoms with Crippen LogP contribution in [0.2, 0.25) is 0 Å². The molecule has 1 atom stereocenters. The Morgan fingerprint density at radius 3 is 3.00 bits per heavy atom. The third kappa shape index (κ3) is 4.51. The van der Waals surface area contributed by atoms with Crippen molar-refractivity contribution in [3.05, 3.63) is 4.88 Å². The smallest absolute Gasteiger partial charge is 0.265 e. The summed E-state index contributed by atoms with van der Waals surface area (Å²) in [6.07, 6.45) is 4.79. The molecule has 0 bridgehead atoms. The number of nitrogens with two attached hydrogens (primary N) is 1. The molecular formula is C14H24N4OS2. The molecule has 0 aliphatic carbocycles. The van der Waals surface area contributed by atoms with Gasteiger partial charge in [-0.15, -0.1) is 0 Å². The summed E-state index contributed by atoms with van der Waals surface area (Å²) in [6.45, 7) is 3.75. The van der Waals surface area contributed by atoms with E-state index in [4.69, 9.17) is 5.73 Å². The minimum absolute atomic E-state index is 0.0904. The van der Waals surface area contributed by atoms with Crippen LogP contribution in [0.25, 0.3) is 0 Å². The number of nitrogens with zero attached hydrogens (tertiary/aromatic N) is 2. The Morgan fingerprint density at radius 2 is 2.33 bits per heavy atom. The molecule has 1 aromatic heterocycles. The van der Waals surface area contributed by atoms with Crippen LogP contribution in [0.1, 0.15) is 42.3 Å². The fraction of sp³-hybridized carbons (Fsp3) is 0.714. The highest BCUT2D eigenvalue weighted by atomic mass is 32.2. The first-order chi connectivity index (χ1) is 10.1. The lowest BCUT2D eigenvalue weighted by Crippen LogP contribution is -2.31. The Bertz CT molecular complexity index is 472. The van der Waals surface area contributed by atoms with Crippen LogP contribution in [0.15, 0.2) is 0 Å². The minimum atomic E-state index is -0.0904. The molecule has 1 aliphatic rings. The zero-order chi connectivity index (χ0) is 15.2. The van der Waals surface area contributed by atoms with Gasteiger partial charge in [-0.05, 0) is 25.0 Å². The van der Waals surface area contributed by atoms with Crippen molar-refractivity contribution in [1.29, 1.82) is 0 Å². The largest absolute Gasteiger partial charge is 0.382 e. The second-order valence-corrected chi connectivity index (χ2v) is 7.72. The first-order valence-electron chi connectivity index (χ1n) is 7.49. The number of nitrogen functional groups attached to an aromatic ring is 1. The zero-order valence-electron chi connectivity index (χ0n) is 12.7. The lowest BCUT2D eigenvalue weighted by atomic mass is 10.2. The minimum Gasteiger partial charge on any atom is -0.382 e. The van der Waals surface area contributed by atoms with Crippen molar-refractivity contribution in [2.45, 2.75) is 37.9 Å². The fourth-order valence-electron chi connectivity index (χ4n) is 2.33. The highest BCUT2D eigenvalue weighted by Gasteiger charge is 2.20. The number of aromatic nitrogens is 1. The van der Waals surface area contributed by atoms with E-state index in [1.165, 1.54) is 36.4 Å². The Morgan fingerprint density at radius 1 is 1.52 bits per heavy atom. The van der Waals surface area contributed by atoms with Crippen LogP contribution in [0.5, 0.6) is 0 Å². The van der Waals surface area contributed by atoms with Crippen molar-refractivity contribution in [3.63, 3.8) is 0 Å². The van der Waals surface area contributed by atoms with E-state index in [-0.39, 0.29) is 5.91 Å². The Labute approximate surface area is 134 Å². The van der Waals surface area contributed by atoms with Gasteiger partial charge in [-0.3, -0.25) is 4.79 Å². The Kier molecular flexibility index (Phi) is 6.17. The van der Waals surface area contributed by atoms with Crippen LogP contribution in [-0.4, -0.2) is 42.0 Å². The number of anilines is 2. The third-order valence-electron chi connectivity index (χ3n) is 3.50. The summed E-state index contributed by atoms with van der Waals surface area (Å²) < 4.78 is 0. The second-order valence-electron chi connectivity index (χ2n) is 5.33. The van der Waals surface area contributed by atoms with E-state index in [9.17, 15) is 4.79 Å². The van der Waals surface area contributed by atoms with E-state index in [1.54, 1.807) is 0 Å². The van der Waals surface area contributed by atoms with Gasteiger partial charge in [0.2, 0.25) is 0 Å². The van der Waals surface area contributed by atoms with E-state index in [2.05, 4.69) is 17.2 Å². The monoisotopic (exact) mass is 328 g/mol. The number of thiazole rings is 1. The van der Waals surface area contributed by atoms with Crippen LogP contribution in [0.4, 0.5) is 10.9 Å². The van der Waals surface area contributed by atoms with Crippen LogP contribution in [-0.2, 0) is 0 Å². The maximum absolute atomic E-state index is 12.3. The first-order valence-corrected chi connectivity index (χ1v) is 9.35. The zero-order valence-corrected chi connectivity index (χ0v) is 14.4. The van der Waals surface area contributed by atoms with Gasteiger partial charge in [0.25, 0.3) is 5.91 Å². The number of hydrogen-bond acceptors (Lipinski definition) is 6. The Hall–Kier alpha value is -0.950. The molecule has 7 heteroatoms. The Balaban J connectivity index is 1.92. The van der Waals surface area contributed by atoms with Crippen molar-refractivity contribution < 1.29 is 4.79 Å². The van der Waals surface area contributed by atoms with E-state index >= 15 is 0 Å². The summed E-state index contributed by atoms with van der Waals surface area (Å²) in [5.41, 5.74) is 5.89. The number of hydrogen-bond donors (Lipinski definition) is 2. The van der Waals surface area contributed by atoms with Gasteiger partial charge < -0.3 is 16.0 Å². The summed E-state index contributed by atoms with van der Waals surface area (Å²) in [6, 6.07) is 0. The van der Waals surface area contributed by atoms with Gasteiger partial charge in [-0.2, -0.15) is 11.8 Å². The van der Waals surface area contributed by atoms with Crippen molar-refractivity contribution in [2.75, 3.05) is 36.5 Å². The van der Waals surface area contributed by atoms with Crippen molar-refractivity contribution in [3.8, 4) is 0 Å². The van der Waals surface area contributed by atoms with E-state index in [0.717, 1.165) is 24.6 Å². The van der Waals surface area contributed by atoms with Crippen LogP contribution < -0.4 is 16.0 Å². The number of rotatable bonds is 6. The van der Waals surface area contributed by atoms with Gasteiger partial charge in [0, 0.05) is 25.4 Å². The molecule has 0 aromatic carbocycles. The third-order valence-corrected chi connectivity index (χ3v) is 6.08. The molecule has 3 N–H and O–H groups in total. The van der Waals surface area contributed by atoms with Gasteiger partial charge in [-0.25, -0.2) is 4.98 Å². The van der Waals surface area contributed by atoms with Crippen molar-refractivity contribution >= 4 is 40.0 Å². The number of nitrogens with one attached hydrogen (secondary N) is 1. The lowest BCUT2D eigenvalue weighted by molar-refractivity contribution is 0.0958. The van der Waals surface area contributed by atoms with Crippen molar-refractivity contribution in [1.82, 2.24) is 10.3 Å². The average Bonchev–Trinajstić information content (AvgIpc) is 2.88. The molecule has 1 aromatic rings. The number of amides is 1. The molecule has 1 amide bonds. The molecule has 1 unspecified atom stereocenters. The summed E-state index contributed by atoms with van der Waals surface area (Å²) in [4.78, 5) is 19.1. The summed E-state index contributed by atoms with van der Waals surface area (Å²) >= 11 is 3.33. The molecule has 1 saturated heterocycles. The summed E-state index contributed by atoms with van der Waals surface area (Å²) in [7, 11) is 1.97. The molecule has 0 saturated carbocycles. The van der Waals surface area contributed by atoms with Crippen LogP contribution >= 0.6 is 23.1 Å². The van der Waals surface area contributed by atoms with Gasteiger partial charge in [0.1, 0.15) is 10.7 Å². The average molecular weight is 329 g/mol. The molecule has 21 heavy (non-hydrogen) atoms. The van der Waals surface area contributed by atoms with Gasteiger partial charge in [-0.1, -0.05) is 24.7 Å². The topological polar surface area (TPSA) is 71.2 Å². The predicted octanol–water partition coefficient (Wildman–Crippen LogP) is 2.59. The number of carbonyl (C=O) groups is 1. The van der Waals surface area contributed by atoms with Crippen LogP contribution in [0.3, 0.4) is 0 Å². The highest BCUT2D eigenvalue weighted by molar-refractivity contribution is 7.99. The maximum Gasteiger partial charge on any atom is 0.265 e. The van der Waals surface area contributed by atoms with Crippen LogP contribution in [0, 0.1) is 0 Å². The van der Waals surface area contributed by atoms with Gasteiger partial charge in [0.05, 0.1) is 0 Å². The molecule has 2 heterocycles. The summed E-state index contributed by atoms with van der Waals surface area (Å²) in [5.74, 6) is 1.45. The lowest BCUT2D eigenvalue weighted by Gasteiger charge is -2.21. The fourth-order valence-corrected chi connectivity index (χ4v) is 4.46. The quantitative estimate of drug-likeness (QED) is 0.840. The molecule has 5 nitrogen and oxygen atoms in total. The molecule has 1 fully saturated rings. The van der Waals surface area contributed by atoms with E-state index < -0.39 is 0 Å². The SMILES string of the molecule is CCCN(C)c1nc(N)c(C(=O)NCC2CCCCS2)s1. The van der Waals surface area contributed by atoms with E-state index in [1.807, 2.05) is 23.7 Å². The predicted molar refractivity (Wildman–Crippen MR) is 92.5 cm³/mol. The van der Waals surface area contributed by atoms with Gasteiger partial charge >= 0.3 is 0 Å². The van der Waals surface area contributed by atoms with E-state index in [0.29, 0.717) is 15.9 Å². The maximum atomic E-state index is 12.3. The molecule has 1 aliphatic heterocycles. The molecule has 118 valence electrons. The molecule has 0 radical (unpaired) electrons. The van der Waals surface area contributed by atoms with Crippen molar-refractivity contribution in [2.24, 2.45) is 0 Å². The first kappa shape index (κ1) is 16.4. The molecule has 2 rings (SSSR count).